The Labute approximate surface area is 163 Å². The molecule has 1 fully saturated rings. The number of carbonyl (C=O) groups is 1. The van der Waals surface area contributed by atoms with E-state index in [0.717, 1.165) is 44.3 Å². The van der Waals surface area contributed by atoms with Crippen molar-refractivity contribution in [1.29, 1.82) is 0 Å². The smallest absolute Gasteiger partial charge is 0.254 e. The van der Waals surface area contributed by atoms with Crippen LogP contribution in [0.1, 0.15) is 5.56 Å². The van der Waals surface area contributed by atoms with Crippen molar-refractivity contribution in [3.8, 4) is 0 Å². The SMILES string of the molecule is O=C(C1CSc2nccc(=O)n2C1)N1CCN(CCc2ccccc2)CC1. The van der Waals surface area contributed by atoms with Crippen LogP contribution in [0, 0.1) is 5.92 Å². The molecule has 0 bridgehead atoms. The molecule has 27 heavy (non-hydrogen) atoms. The minimum Gasteiger partial charge on any atom is -0.340 e. The monoisotopic (exact) mass is 384 g/mol. The summed E-state index contributed by atoms with van der Waals surface area (Å²) in [6.45, 7) is 4.84. The van der Waals surface area contributed by atoms with E-state index in [1.807, 2.05) is 11.0 Å². The van der Waals surface area contributed by atoms with Crippen LogP contribution in [0.3, 0.4) is 0 Å². The van der Waals surface area contributed by atoms with E-state index in [4.69, 9.17) is 0 Å². The van der Waals surface area contributed by atoms with Gasteiger partial charge in [0.05, 0.1) is 5.92 Å². The number of rotatable bonds is 4. The molecule has 2 aromatic rings. The lowest BCUT2D eigenvalue weighted by Gasteiger charge is -2.37. The van der Waals surface area contributed by atoms with Gasteiger partial charge in [-0.1, -0.05) is 42.1 Å². The maximum atomic E-state index is 12.9. The molecule has 6 nitrogen and oxygen atoms in total. The molecule has 1 aromatic heterocycles. The predicted octanol–water partition coefficient (Wildman–Crippen LogP) is 1.35. The van der Waals surface area contributed by atoms with Crippen LogP contribution in [0.25, 0.3) is 0 Å². The fraction of sp³-hybridized carbons (Fsp3) is 0.450. The van der Waals surface area contributed by atoms with Crippen molar-refractivity contribution >= 4 is 17.7 Å². The molecule has 2 aliphatic heterocycles. The molecule has 3 heterocycles. The number of nitrogens with zero attached hydrogens (tertiary/aromatic N) is 4. The maximum absolute atomic E-state index is 12.9. The second-order valence-corrected chi connectivity index (χ2v) is 8.07. The zero-order valence-electron chi connectivity index (χ0n) is 15.3. The minimum absolute atomic E-state index is 0.0734. The summed E-state index contributed by atoms with van der Waals surface area (Å²) in [4.78, 5) is 33.6. The Bertz CT molecular complexity index is 847. The van der Waals surface area contributed by atoms with Gasteiger partial charge in [0.15, 0.2) is 5.16 Å². The molecular weight excluding hydrogens is 360 g/mol. The summed E-state index contributed by atoms with van der Waals surface area (Å²) in [6, 6.07) is 12.0. The van der Waals surface area contributed by atoms with E-state index >= 15 is 0 Å². The van der Waals surface area contributed by atoms with E-state index in [1.165, 1.54) is 29.6 Å². The maximum Gasteiger partial charge on any atom is 0.254 e. The Morgan fingerprint density at radius 3 is 2.67 bits per heavy atom. The number of aromatic nitrogens is 2. The summed E-state index contributed by atoms with van der Waals surface area (Å²) in [7, 11) is 0. The van der Waals surface area contributed by atoms with Gasteiger partial charge < -0.3 is 4.90 Å². The highest BCUT2D eigenvalue weighted by molar-refractivity contribution is 7.99. The second kappa shape index (κ2) is 8.27. The fourth-order valence-corrected chi connectivity index (χ4v) is 4.74. The predicted molar refractivity (Wildman–Crippen MR) is 106 cm³/mol. The van der Waals surface area contributed by atoms with E-state index in [0.29, 0.717) is 12.3 Å². The molecular formula is C20H24N4O2S. The van der Waals surface area contributed by atoms with Gasteiger partial charge in [-0.2, -0.15) is 0 Å². The number of hydrogen-bond acceptors (Lipinski definition) is 5. The molecule has 1 saturated heterocycles. The Morgan fingerprint density at radius 1 is 1.11 bits per heavy atom. The zero-order valence-corrected chi connectivity index (χ0v) is 16.1. The second-order valence-electron chi connectivity index (χ2n) is 7.09. The molecule has 0 radical (unpaired) electrons. The summed E-state index contributed by atoms with van der Waals surface area (Å²) in [5, 5.41) is 0.720. The van der Waals surface area contributed by atoms with Gasteiger partial charge in [-0.15, -0.1) is 0 Å². The zero-order chi connectivity index (χ0) is 18.6. The Kier molecular flexibility index (Phi) is 5.59. The lowest BCUT2D eigenvalue weighted by molar-refractivity contribution is -0.137. The van der Waals surface area contributed by atoms with Gasteiger partial charge in [0, 0.05) is 57.3 Å². The van der Waals surface area contributed by atoms with Gasteiger partial charge >= 0.3 is 0 Å². The van der Waals surface area contributed by atoms with Crippen molar-refractivity contribution in [3.63, 3.8) is 0 Å². The molecule has 0 saturated carbocycles. The van der Waals surface area contributed by atoms with Gasteiger partial charge in [0.25, 0.3) is 5.56 Å². The van der Waals surface area contributed by atoms with Crippen molar-refractivity contribution in [1.82, 2.24) is 19.4 Å². The van der Waals surface area contributed by atoms with E-state index in [1.54, 1.807) is 4.57 Å². The first-order chi connectivity index (χ1) is 13.2. The molecule has 1 aromatic carbocycles. The van der Waals surface area contributed by atoms with Crippen LogP contribution in [0.5, 0.6) is 0 Å². The first-order valence-corrected chi connectivity index (χ1v) is 10.4. The van der Waals surface area contributed by atoms with E-state index in [-0.39, 0.29) is 17.4 Å². The van der Waals surface area contributed by atoms with Gasteiger partial charge in [-0.25, -0.2) is 4.98 Å². The molecule has 1 atom stereocenters. The van der Waals surface area contributed by atoms with Crippen molar-refractivity contribution in [2.24, 2.45) is 5.92 Å². The fourth-order valence-electron chi connectivity index (χ4n) is 3.68. The summed E-state index contributed by atoms with van der Waals surface area (Å²) in [6.07, 6.45) is 2.58. The Hall–Kier alpha value is -2.12. The van der Waals surface area contributed by atoms with Gasteiger partial charge in [0.2, 0.25) is 5.91 Å². The largest absolute Gasteiger partial charge is 0.340 e. The number of amides is 1. The number of fused-ring (bicyclic) bond motifs is 1. The molecule has 142 valence electrons. The number of piperazine rings is 1. The van der Waals surface area contributed by atoms with E-state index in [2.05, 4.69) is 34.1 Å². The normalized spacial score (nSPS) is 20.3. The quantitative estimate of drug-likeness (QED) is 0.745. The van der Waals surface area contributed by atoms with Crippen LogP contribution in [-0.2, 0) is 17.8 Å². The third kappa shape index (κ3) is 4.25. The van der Waals surface area contributed by atoms with Crippen LogP contribution in [0.4, 0.5) is 0 Å². The number of carbonyl (C=O) groups excluding carboxylic acids is 1. The first kappa shape index (κ1) is 18.3. The van der Waals surface area contributed by atoms with Crippen molar-refractivity contribution < 1.29 is 4.79 Å². The van der Waals surface area contributed by atoms with Crippen molar-refractivity contribution in [2.45, 2.75) is 18.1 Å². The van der Waals surface area contributed by atoms with Crippen LogP contribution in [-0.4, -0.2) is 63.7 Å². The highest BCUT2D eigenvalue weighted by Crippen LogP contribution is 2.26. The molecule has 4 rings (SSSR count). The molecule has 1 unspecified atom stereocenters. The minimum atomic E-state index is -0.139. The average molecular weight is 385 g/mol. The number of benzene rings is 1. The lowest BCUT2D eigenvalue weighted by Crippen LogP contribution is -2.52. The average Bonchev–Trinajstić information content (AvgIpc) is 2.73. The third-order valence-corrected chi connectivity index (χ3v) is 6.46. The highest BCUT2D eigenvalue weighted by atomic mass is 32.2. The molecule has 1 amide bonds. The van der Waals surface area contributed by atoms with Crippen LogP contribution < -0.4 is 5.56 Å². The molecule has 2 aliphatic rings. The summed E-state index contributed by atoms with van der Waals surface area (Å²) in [5.74, 6) is 0.732. The first-order valence-electron chi connectivity index (χ1n) is 9.44. The highest BCUT2D eigenvalue weighted by Gasteiger charge is 2.31. The molecule has 7 heteroatoms. The topological polar surface area (TPSA) is 58.4 Å². The standard InChI is InChI=1S/C20H24N4O2S/c25-18-6-8-21-20-24(18)14-17(15-27-20)19(26)23-12-10-22(11-13-23)9-7-16-4-2-1-3-5-16/h1-6,8,17H,7,9-15H2. The molecule has 0 aliphatic carbocycles. The number of hydrogen-bond donors (Lipinski definition) is 0. The van der Waals surface area contributed by atoms with Gasteiger partial charge in [-0.3, -0.25) is 19.1 Å². The van der Waals surface area contributed by atoms with Crippen LogP contribution in [0.15, 0.2) is 52.5 Å². The van der Waals surface area contributed by atoms with Crippen LogP contribution >= 0.6 is 11.8 Å². The van der Waals surface area contributed by atoms with Gasteiger partial charge in [0.1, 0.15) is 0 Å². The lowest BCUT2D eigenvalue weighted by atomic mass is 10.1. The van der Waals surface area contributed by atoms with E-state index < -0.39 is 0 Å². The van der Waals surface area contributed by atoms with Crippen molar-refractivity contribution in [3.05, 3.63) is 58.5 Å². The van der Waals surface area contributed by atoms with Crippen molar-refractivity contribution in [2.75, 3.05) is 38.5 Å². The van der Waals surface area contributed by atoms with Crippen LogP contribution in [0.2, 0.25) is 0 Å². The summed E-state index contributed by atoms with van der Waals surface area (Å²) < 4.78 is 1.63. The summed E-state index contributed by atoms with van der Waals surface area (Å²) >= 11 is 1.50. The summed E-state index contributed by atoms with van der Waals surface area (Å²) in [5.41, 5.74) is 1.28. The molecule has 0 spiro atoms. The molecule has 0 N–H and O–H groups in total. The number of thioether (sulfide) groups is 1. The van der Waals surface area contributed by atoms with Gasteiger partial charge in [-0.05, 0) is 12.0 Å². The Morgan fingerprint density at radius 2 is 1.89 bits per heavy atom. The Balaban J connectivity index is 1.29. The van der Waals surface area contributed by atoms with E-state index in [9.17, 15) is 9.59 Å². The third-order valence-electron chi connectivity index (χ3n) is 5.31.